The predicted molar refractivity (Wildman–Crippen MR) is 159 cm³/mol. The van der Waals surface area contributed by atoms with Crippen molar-refractivity contribution in [1.82, 2.24) is 9.13 Å². The third kappa shape index (κ3) is 14.0. The summed E-state index contributed by atoms with van der Waals surface area (Å²) in [5.74, 6) is 0. The molecule has 0 saturated heterocycles. The summed E-state index contributed by atoms with van der Waals surface area (Å²) in [6, 6.07) is 0. The number of nitrogens with zero attached hydrogens (tertiary/aromatic N) is 4. The molecule has 0 N–H and O–H groups in total. The maximum atomic E-state index is 2.41. The molecule has 4 nitrogen and oxygen atoms in total. The molecular weight excluding hydrogens is 614 g/mol. The molecule has 208 valence electrons. The summed E-state index contributed by atoms with van der Waals surface area (Å²) in [5, 5.41) is 0.949. The summed E-state index contributed by atoms with van der Waals surface area (Å²) in [7, 11) is 0.212. The second kappa shape index (κ2) is 15.3. The zero-order valence-corrected chi connectivity index (χ0v) is 30.4. The maximum Gasteiger partial charge on any atom is 0.243 e. The molecule has 10 heteroatoms. The fraction of sp³-hybridized carbons (Fsp3) is 0.769. The normalized spacial score (nSPS) is 13.9. The number of hydrogen-bond donors (Lipinski definition) is 0. The highest BCUT2D eigenvalue weighted by atomic mass is 127. The molecule has 0 amide bonds. The van der Waals surface area contributed by atoms with Crippen LogP contribution in [0.2, 0.25) is 0 Å². The average Bonchev–Trinajstić information content (AvgIpc) is 3.32. The summed E-state index contributed by atoms with van der Waals surface area (Å²) < 4.78 is 9.19. The van der Waals surface area contributed by atoms with Crippen molar-refractivity contribution < 1.29 is 45.5 Å². The van der Waals surface area contributed by atoms with Crippen LogP contribution in [0.4, 0.5) is 0 Å². The molecular formula is C26H54B2ClIN4P2. The number of imidazole rings is 2. The van der Waals surface area contributed by atoms with Crippen LogP contribution in [0.15, 0.2) is 37.4 Å². The summed E-state index contributed by atoms with van der Waals surface area (Å²) in [6.07, 6.45) is 15.5. The largest absolute Gasteiger partial charge is 1.00 e. The second-order valence-corrected chi connectivity index (χ2v) is 20.0. The Kier molecular flexibility index (Phi) is 16.4. The first-order chi connectivity index (χ1) is 15.2. The number of hydrogen-bond acceptors (Lipinski definition) is 0. The van der Waals surface area contributed by atoms with Crippen molar-refractivity contribution in [3.8, 4) is 0 Å². The third-order valence-electron chi connectivity index (χ3n) is 6.61. The van der Waals surface area contributed by atoms with Gasteiger partial charge in [0.05, 0.1) is 12.9 Å². The van der Waals surface area contributed by atoms with Crippen LogP contribution in [0.1, 0.15) is 83.1 Å². The van der Waals surface area contributed by atoms with Crippen LogP contribution in [0.3, 0.4) is 0 Å². The van der Waals surface area contributed by atoms with Gasteiger partial charge in [-0.1, -0.05) is 54.9 Å². The third-order valence-corrected chi connectivity index (χ3v) is 12.9. The van der Waals surface area contributed by atoms with Gasteiger partial charge in [0.25, 0.3) is 0 Å². The molecule has 0 aromatic carbocycles. The minimum absolute atomic E-state index is 0. The highest BCUT2D eigenvalue weighted by Gasteiger charge is 2.24. The van der Waals surface area contributed by atoms with E-state index >= 15 is 0 Å². The van der Waals surface area contributed by atoms with Crippen molar-refractivity contribution in [3.05, 3.63) is 37.4 Å². The zero-order valence-electron chi connectivity index (χ0n) is 25.7. The Morgan fingerprint density at radius 1 is 0.611 bits per heavy atom. The van der Waals surface area contributed by atoms with Gasteiger partial charge in [-0.3, -0.25) is 0 Å². The summed E-state index contributed by atoms with van der Waals surface area (Å²) >= 11 is 0. The van der Waals surface area contributed by atoms with Gasteiger partial charge in [0.15, 0.2) is 0 Å². The standard InChI is InChI=1S/2C13H27BN2P.ClH.HI/c2*1-12(2,3)16-9-8-15(11-16)10-14-17(7)13(4,5)6;;/h2*8-9,11,14H,10H2,1-7H3;2*1H/q2*+1;;/p-2. The molecule has 36 heavy (non-hydrogen) atoms. The summed E-state index contributed by atoms with van der Waals surface area (Å²) in [6.45, 7) is 35.0. The molecule has 0 aliphatic carbocycles. The van der Waals surface area contributed by atoms with Crippen LogP contribution in [-0.4, -0.2) is 46.8 Å². The highest BCUT2D eigenvalue weighted by molar-refractivity contribution is 7.86. The molecule has 0 aliphatic rings. The Bertz CT molecular complexity index is 806. The van der Waals surface area contributed by atoms with Gasteiger partial charge < -0.3 is 36.4 Å². The number of aromatic nitrogens is 4. The van der Waals surface area contributed by atoms with E-state index in [0.29, 0.717) is 10.3 Å². The van der Waals surface area contributed by atoms with E-state index in [4.69, 9.17) is 0 Å². The molecule has 2 aromatic heterocycles. The van der Waals surface area contributed by atoms with Crippen LogP contribution in [0.25, 0.3) is 0 Å². The van der Waals surface area contributed by atoms with Gasteiger partial charge in [-0.2, -0.15) is 0 Å². The van der Waals surface area contributed by atoms with E-state index in [2.05, 4.69) is 152 Å². The minimum Gasteiger partial charge on any atom is -1.00 e. The van der Waals surface area contributed by atoms with Crippen LogP contribution in [0, 0.1) is 0 Å². The molecule has 2 atom stereocenters. The van der Waals surface area contributed by atoms with Gasteiger partial charge in [-0.15, -0.1) is 15.6 Å². The quantitative estimate of drug-likeness (QED) is 0.171. The molecule has 0 radical (unpaired) electrons. The lowest BCUT2D eigenvalue weighted by Gasteiger charge is -2.26. The van der Waals surface area contributed by atoms with E-state index in [1.165, 1.54) is 14.0 Å². The van der Waals surface area contributed by atoms with E-state index in [0.717, 1.165) is 12.9 Å². The molecule has 0 spiro atoms. The van der Waals surface area contributed by atoms with Gasteiger partial charge in [0, 0.05) is 0 Å². The van der Waals surface area contributed by atoms with E-state index in [-0.39, 0.29) is 63.1 Å². The average molecular weight is 669 g/mol. The molecule has 2 aromatic rings. The van der Waals surface area contributed by atoms with Gasteiger partial charge in [-0.05, 0) is 51.9 Å². The first-order valence-corrected chi connectivity index (χ1v) is 16.7. The van der Waals surface area contributed by atoms with E-state index in [9.17, 15) is 0 Å². The van der Waals surface area contributed by atoms with Crippen molar-refractivity contribution in [2.45, 2.75) is 117 Å². The number of rotatable bonds is 6. The Labute approximate surface area is 251 Å². The smallest absolute Gasteiger partial charge is 0.243 e. The van der Waals surface area contributed by atoms with Crippen molar-refractivity contribution in [2.24, 2.45) is 0 Å². The molecule has 0 fully saturated rings. The zero-order chi connectivity index (χ0) is 26.5. The van der Waals surface area contributed by atoms with Crippen LogP contribution < -0.4 is 45.5 Å². The molecule has 0 saturated carbocycles. The lowest BCUT2D eigenvalue weighted by Crippen LogP contribution is -3.00. The Morgan fingerprint density at radius 2 is 0.889 bits per heavy atom. The number of halogens is 2. The first-order valence-electron chi connectivity index (χ1n) is 12.8. The molecule has 0 aliphatic heterocycles. The van der Waals surface area contributed by atoms with Crippen molar-refractivity contribution in [3.63, 3.8) is 0 Å². The summed E-state index contributed by atoms with van der Waals surface area (Å²) in [4.78, 5) is 0. The monoisotopic (exact) mass is 668 g/mol. The van der Waals surface area contributed by atoms with Crippen molar-refractivity contribution in [1.29, 1.82) is 0 Å². The summed E-state index contributed by atoms with van der Waals surface area (Å²) in [5.41, 5.74) is 0.373. The second-order valence-electron chi connectivity index (χ2n) is 13.6. The lowest BCUT2D eigenvalue weighted by molar-refractivity contribution is -0.753. The van der Waals surface area contributed by atoms with Crippen molar-refractivity contribution >= 4 is 29.6 Å². The molecule has 2 rings (SSSR count). The van der Waals surface area contributed by atoms with Crippen LogP contribution >= 0.6 is 15.6 Å². The fourth-order valence-corrected chi connectivity index (χ4v) is 5.45. The molecule has 0 bridgehead atoms. The van der Waals surface area contributed by atoms with Gasteiger partial charge >= 0.3 is 0 Å². The Hall–Kier alpha value is 0.430. The highest BCUT2D eigenvalue weighted by Crippen LogP contribution is 2.44. The SMILES string of the molecule is CP(BCn1cc[n+](C(C)(C)C)c1)C(C)(C)C.CP(BCn1cc[n+](C(C)(C)C)c1)C(C)(C)C.[Cl-].[I-]. The van der Waals surface area contributed by atoms with E-state index < -0.39 is 0 Å². The van der Waals surface area contributed by atoms with E-state index in [1.54, 1.807) is 0 Å². The molecule has 2 unspecified atom stereocenters. The topological polar surface area (TPSA) is 17.6 Å². The van der Waals surface area contributed by atoms with E-state index in [1.807, 2.05) is 0 Å². The maximum absolute atomic E-state index is 2.41. The predicted octanol–water partition coefficient (Wildman–Crippen LogP) is -0.492. The van der Waals surface area contributed by atoms with Crippen LogP contribution in [-0.2, 0) is 24.0 Å². The Morgan fingerprint density at radius 3 is 1.08 bits per heavy atom. The first kappa shape index (κ1) is 38.6. The van der Waals surface area contributed by atoms with Gasteiger partial charge in [0.1, 0.15) is 35.9 Å². The van der Waals surface area contributed by atoms with Crippen molar-refractivity contribution in [2.75, 3.05) is 13.3 Å². The fourth-order valence-electron chi connectivity index (χ4n) is 3.05. The lowest BCUT2D eigenvalue weighted by atomic mass is 10.1. The Balaban J connectivity index is 0. The molecule has 2 heterocycles. The van der Waals surface area contributed by atoms with Crippen LogP contribution in [0.5, 0.6) is 0 Å². The minimum atomic E-state index is 0. The van der Waals surface area contributed by atoms with Gasteiger partial charge in [-0.25, -0.2) is 18.3 Å². The van der Waals surface area contributed by atoms with Gasteiger partial charge in [0.2, 0.25) is 26.7 Å².